The van der Waals surface area contributed by atoms with Crippen molar-refractivity contribution in [1.29, 1.82) is 0 Å². The van der Waals surface area contributed by atoms with E-state index in [1.54, 1.807) is 0 Å². The summed E-state index contributed by atoms with van der Waals surface area (Å²) < 4.78 is 34.3. The van der Waals surface area contributed by atoms with E-state index in [4.69, 9.17) is 4.74 Å². The minimum Gasteiger partial charge on any atom is -0.489 e. The molecule has 0 aliphatic carbocycles. The Morgan fingerprint density at radius 1 is 1.15 bits per heavy atom. The molecule has 0 saturated carbocycles. The molecule has 4 nitrogen and oxygen atoms in total. The van der Waals surface area contributed by atoms with E-state index in [2.05, 4.69) is 17.9 Å². The molecule has 1 aliphatic heterocycles. The molecule has 1 unspecified atom stereocenters. The number of nitrogens with zero attached hydrogens (tertiary/aromatic N) is 1. The van der Waals surface area contributed by atoms with E-state index in [1.807, 2.05) is 43.3 Å². The van der Waals surface area contributed by atoms with Gasteiger partial charge in [-0.15, -0.1) is 0 Å². The molecular weight excluding hydrogens is 436 g/mol. The highest BCUT2D eigenvalue weighted by molar-refractivity contribution is 5.69. The lowest BCUT2D eigenvalue weighted by molar-refractivity contribution is -0.137. The first-order valence-electron chi connectivity index (χ1n) is 11.6. The van der Waals surface area contributed by atoms with Crippen molar-refractivity contribution < 1.29 is 23.4 Å². The van der Waals surface area contributed by atoms with E-state index < -0.39 is 23.5 Å². The smallest absolute Gasteiger partial charge is 0.304 e. The number of carboxylic acid groups (broad SMARTS) is 1. The predicted octanol–water partition coefficient (Wildman–Crippen LogP) is 6.05. The minimum absolute atomic E-state index is 0.0696. The van der Waals surface area contributed by atoms with Gasteiger partial charge in [-0.25, -0.2) is 8.78 Å². The number of rotatable bonds is 7. The summed E-state index contributed by atoms with van der Waals surface area (Å²) in [7, 11) is 0. The van der Waals surface area contributed by atoms with Crippen LogP contribution in [0.5, 0.6) is 5.75 Å². The SMILES string of the molecule is CC[C@@H]1CN(Cc2cc(C(CC(=O)O)c3ccc(F)cc3F)ccc2C)Cc2ccccc2O1. The number of carboxylic acids is 1. The number of fused-ring (bicyclic) bond motifs is 1. The van der Waals surface area contributed by atoms with Crippen LogP contribution in [0.3, 0.4) is 0 Å². The molecule has 1 heterocycles. The van der Waals surface area contributed by atoms with Crippen LogP contribution in [-0.4, -0.2) is 28.6 Å². The number of aryl methyl sites for hydroxylation is 1. The molecule has 1 N–H and O–H groups in total. The quantitative estimate of drug-likeness (QED) is 0.461. The largest absolute Gasteiger partial charge is 0.489 e. The Morgan fingerprint density at radius 3 is 2.68 bits per heavy atom. The number of aliphatic carboxylic acids is 1. The van der Waals surface area contributed by atoms with Gasteiger partial charge in [-0.05, 0) is 47.7 Å². The summed E-state index contributed by atoms with van der Waals surface area (Å²) in [4.78, 5) is 13.9. The fraction of sp³-hybridized carbons (Fsp3) is 0.321. The molecule has 0 spiro atoms. The third-order valence-electron chi connectivity index (χ3n) is 6.46. The molecule has 0 radical (unpaired) electrons. The molecule has 3 aromatic rings. The van der Waals surface area contributed by atoms with Crippen LogP contribution >= 0.6 is 0 Å². The standard InChI is InChI=1S/C28H29F2NO3/c1-3-23-17-31(15-20-6-4-5-7-27(20)34-23)16-21-12-19(9-8-18(21)2)25(14-28(32)33)24-11-10-22(29)13-26(24)30/h4-13,23,25H,3,14-17H2,1-2H3,(H,32,33)/t23-,25?/m1/s1. The summed E-state index contributed by atoms with van der Waals surface area (Å²) in [5.74, 6) is -2.26. The molecule has 0 fully saturated rings. The highest BCUT2D eigenvalue weighted by Gasteiger charge is 2.25. The average Bonchev–Trinajstić information content (AvgIpc) is 2.98. The lowest BCUT2D eigenvalue weighted by Gasteiger charge is -2.25. The summed E-state index contributed by atoms with van der Waals surface area (Å²) in [6, 6.07) is 17.1. The van der Waals surface area contributed by atoms with Crippen molar-refractivity contribution in [3.05, 3.63) is 100 Å². The zero-order valence-corrected chi connectivity index (χ0v) is 19.4. The highest BCUT2D eigenvalue weighted by atomic mass is 19.1. The van der Waals surface area contributed by atoms with E-state index in [0.717, 1.165) is 48.0 Å². The van der Waals surface area contributed by atoms with E-state index >= 15 is 0 Å². The zero-order valence-electron chi connectivity index (χ0n) is 19.4. The van der Waals surface area contributed by atoms with Gasteiger partial charge < -0.3 is 9.84 Å². The predicted molar refractivity (Wildman–Crippen MR) is 127 cm³/mol. The number of halogens is 2. The summed E-state index contributed by atoms with van der Waals surface area (Å²) in [5, 5.41) is 9.50. The molecule has 0 aromatic heterocycles. The summed E-state index contributed by atoms with van der Waals surface area (Å²) >= 11 is 0. The Hall–Kier alpha value is -3.25. The van der Waals surface area contributed by atoms with Crippen molar-refractivity contribution in [2.75, 3.05) is 6.54 Å². The molecule has 34 heavy (non-hydrogen) atoms. The molecule has 178 valence electrons. The minimum atomic E-state index is -1.04. The Balaban J connectivity index is 1.66. The van der Waals surface area contributed by atoms with E-state index in [1.165, 1.54) is 12.1 Å². The lowest BCUT2D eigenvalue weighted by atomic mass is 9.86. The Labute approximate surface area is 198 Å². The maximum Gasteiger partial charge on any atom is 0.304 e. The first-order valence-corrected chi connectivity index (χ1v) is 11.6. The van der Waals surface area contributed by atoms with Crippen molar-refractivity contribution >= 4 is 5.97 Å². The summed E-state index contributed by atoms with van der Waals surface area (Å²) in [6.45, 7) is 6.28. The van der Waals surface area contributed by atoms with Gasteiger partial charge in [-0.2, -0.15) is 0 Å². The topological polar surface area (TPSA) is 49.8 Å². The van der Waals surface area contributed by atoms with E-state index in [-0.39, 0.29) is 18.1 Å². The number of ether oxygens (including phenoxy) is 1. The fourth-order valence-electron chi connectivity index (χ4n) is 4.58. The van der Waals surface area contributed by atoms with Gasteiger partial charge in [-0.3, -0.25) is 9.69 Å². The van der Waals surface area contributed by atoms with Crippen LogP contribution in [0.1, 0.15) is 53.5 Å². The second-order valence-electron chi connectivity index (χ2n) is 8.93. The molecule has 1 aliphatic rings. The van der Waals surface area contributed by atoms with E-state index in [9.17, 15) is 18.7 Å². The molecule has 3 aromatic carbocycles. The average molecular weight is 466 g/mol. The molecule has 2 atom stereocenters. The lowest BCUT2D eigenvalue weighted by Crippen LogP contribution is -2.32. The first kappa shape index (κ1) is 23.9. The van der Waals surface area contributed by atoms with Crippen molar-refractivity contribution in [1.82, 2.24) is 4.90 Å². The highest BCUT2D eigenvalue weighted by Crippen LogP contribution is 2.33. The summed E-state index contributed by atoms with van der Waals surface area (Å²) in [5.41, 5.74) is 4.13. The van der Waals surface area contributed by atoms with E-state index in [0.29, 0.717) is 12.1 Å². The van der Waals surface area contributed by atoms with Crippen molar-refractivity contribution in [2.24, 2.45) is 0 Å². The van der Waals surface area contributed by atoms with Gasteiger partial charge in [-0.1, -0.05) is 49.4 Å². The molecule has 0 bridgehead atoms. The molecule has 0 saturated heterocycles. The third kappa shape index (κ3) is 5.45. The molecule has 6 heteroatoms. The third-order valence-corrected chi connectivity index (χ3v) is 6.46. The first-order chi connectivity index (χ1) is 16.3. The van der Waals surface area contributed by atoms with Gasteiger partial charge >= 0.3 is 5.97 Å². The monoisotopic (exact) mass is 465 g/mol. The number of carbonyl (C=O) groups is 1. The Morgan fingerprint density at radius 2 is 1.94 bits per heavy atom. The second kappa shape index (κ2) is 10.3. The van der Waals surface area contributed by atoms with Gasteiger partial charge in [0.05, 0.1) is 6.42 Å². The maximum atomic E-state index is 14.6. The number of hydrogen-bond acceptors (Lipinski definition) is 3. The van der Waals surface area contributed by atoms with Gasteiger partial charge in [0.15, 0.2) is 0 Å². The van der Waals surface area contributed by atoms with Gasteiger partial charge in [0.2, 0.25) is 0 Å². The Kier molecular flexibility index (Phi) is 7.27. The molecular formula is C28H29F2NO3. The molecule has 0 amide bonds. The molecule has 4 rings (SSSR count). The maximum absolute atomic E-state index is 14.6. The van der Waals surface area contributed by atoms with Crippen LogP contribution in [0.15, 0.2) is 60.7 Å². The number of para-hydroxylation sites is 1. The number of benzene rings is 3. The van der Waals surface area contributed by atoms with Crippen LogP contribution < -0.4 is 4.74 Å². The normalized spacial score (nSPS) is 16.9. The van der Waals surface area contributed by atoms with Crippen LogP contribution in [0.25, 0.3) is 0 Å². The van der Waals surface area contributed by atoms with Crippen molar-refractivity contribution in [3.8, 4) is 5.75 Å². The van der Waals surface area contributed by atoms with Crippen LogP contribution in [-0.2, 0) is 17.9 Å². The Bertz CT molecular complexity index is 1180. The van der Waals surface area contributed by atoms with Crippen molar-refractivity contribution in [2.45, 2.75) is 51.8 Å². The van der Waals surface area contributed by atoms with Gasteiger partial charge in [0.1, 0.15) is 23.5 Å². The van der Waals surface area contributed by atoms with Crippen molar-refractivity contribution in [3.63, 3.8) is 0 Å². The van der Waals surface area contributed by atoms with Crippen LogP contribution in [0, 0.1) is 18.6 Å². The van der Waals surface area contributed by atoms with Crippen LogP contribution in [0.2, 0.25) is 0 Å². The fourth-order valence-corrected chi connectivity index (χ4v) is 4.58. The van der Waals surface area contributed by atoms with Gasteiger partial charge in [0.25, 0.3) is 0 Å². The second-order valence-corrected chi connectivity index (χ2v) is 8.93. The number of hydrogen-bond donors (Lipinski definition) is 1. The van der Waals surface area contributed by atoms with Gasteiger partial charge in [0, 0.05) is 37.2 Å². The van der Waals surface area contributed by atoms with Crippen LogP contribution in [0.4, 0.5) is 8.78 Å². The zero-order chi connectivity index (χ0) is 24.2. The summed E-state index contributed by atoms with van der Waals surface area (Å²) in [6.07, 6.45) is 0.669.